The maximum absolute atomic E-state index is 11.0. The predicted octanol–water partition coefficient (Wildman–Crippen LogP) is 3.80. The second kappa shape index (κ2) is 8.57. The van der Waals surface area contributed by atoms with E-state index in [2.05, 4.69) is 4.99 Å². The van der Waals surface area contributed by atoms with Gasteiger partial charge in [0.1, 0.15) is 5.75 Å². The first-order valence-corrected chi connectivity index (χ1v) is 16.5. The number of phenols is 1. The average molecular weight is 441 g/mol. The molecule has 1 aliphatic carbocycles. The van der Waals surface area contributed by atoms with Crippen LogP contribution in [-0.2, 0) is 20.8 Å². The third-order valence-electron chi connectivity index (χ3n) is 3.11. The number of non-ortho nitro benzene ring substituents is 1. The molecule has 120 valence electrons. The van der Waals surface area contributed by atoms with Gasteiger partial charge in [-0.15, -0.1) is 0 Å². The summed E-state index contributed by atoms with van der Waals surface area (Å²) in [6, 6.07) is 3.22. The SMILES string of the molecule is C[Si](C)(C)c1cc([N+](=O)[O-])cc(C=NC2CC2)c1O.[Cl][Zr][Cl]. The number of hydrogen-bond donors (Lipinski definition) is 1. The first-order chi connectivity index (χ1) is 10.2. The molecule has 0 aliphatic heterocycles. The summed E-state index contributed by atoms with van der Waals surface area (Å²) in [6.07, 6.45) is 3.70. The van der Waals surface area contributed by atoms with Gasteiger partial charge in [-0.05, 0) is 18.0 Å². The van der Waals surface area contributed by atoms with Crippen molar-refractivity contribution < 1.29 is 30.9 Å². The molecule has 1 aromatic carbocycles. The van der Waals surface area contributed by atoms with Crippen LogP contribution in [0, 0.1) is 10.1 Å². The Bertz CT molecular complexity index is 575. The molecule has 0 heterocycles. The van der Waals surface area contributed by atoms with Crippen molar-refractivity contribution in [3.05, 3.63) is 27.8 Å². The second-order valence-corrected chi connectivity index (χ2v) is 14.8. The topological polar surface area (TPSA) is 75.7 Å². The average Bonchev–Trinajstić information content (AvgIpc) is 3.20. The van der Waals surface area contributed by atoms with Gasteiger partial charge in [0, 0.05) is 23.9 Å². The van der Waals surface area contributed by atoms with Crippen molar-refractivity contribution >= 4 is 42.2 Å². The Hall–Kier alpha value is -0.230. The molecule has 0 saturated heterocycles. The molecule has 0 radical (unpaired) electrons. The molecule has 1 aromatic rings. The molecule has 9 heteroatoms. The molecule has 0 spiro atoms. The van der Waals surface area contributed by atoms with E-state index >= 15 is 0 Å². The molecule has 0 aromatic heterocycles. The summed E-state index contributed by atoms with van der Waals surface area (Å²) in [5.41, 5.74) is 0.478. The van der Waals surface area contributed by atoms with Crippen molar-refractivity contribution in [1.82, 2.24) is 0 Å². The minimum atomic E-state index is -1.84. The van der Waals surface area contributed by atoms with E-state index in [1.54, 1.807) is 6.21 Å². The zero-order valence-corrected chi connectivity index (χ0v) is 17.6. The van der Waals surface area contributed by atoms with Crippen molar-refractivity contribution in [3.8, 4) is 5.75 Å². The monoisotopic (exact) mass is 438 g/mol. The van der Waals surface area contributed by atoms with Crippen LogP contribution in [0.4, 0.5) is 5.69 Å². The molecule has 22 heavy (non-hydrogen) atoms. The van der Waals surface area contributed by atoms with Crippen LogP contribution in [-0.4, -0.2) is 30.4 Å². The Morgan fingerprint density at radius 1 is 1.41 bits per heavy atom. The van der Waals surface area contributed by atoms with E-state index in [0.29, 0.717) is 16.8 Å². The molecule has 0 bridgehead atoms. The molecule has 1 aliphatic rings. The number of benzene rings is 1. The van der Waals surface area contributed by atoms with Gasteiger partial charge in [0.25, 0.3) is 5.69 Å². The van der Waals surface area contributed by atoms with Crippen LogP contribution in [0.2, 0.25) is 19.6 Å². The summed E-state index contributed by atoms with van der Waals surface area (Å²) in [6.45, 7) is 6.15. The Balaban J connectivity index is 0.000000745. The van der Waals surface area contributed by atoms with Crippen LogP contribution in [0.15, 0.2) is 17.1 Å². The fourth-order valence-corrected chi connectivity index (χ4v) is 3.26. The number of rotatable bonds is 4. The van der Waals surface area contributed by atoms with E-state index in [0.717, 1.165) is 12.8 Å². The van der Waals surface area contributed by atoms with Crippen molar-refractivity contribution in [2.24, 2.45) is 4.99 Å². The quantitative estimate of drug-likeness (QED) is 0.335. The van der Waals surface area contributed by atoms with E-state index in [1.807, 2.05) is 19.6 Å². The van der Waals surface area contributed by atoms with Crippen LogP contribution >= 0.6 is 17.0 Å². The molecule has 5 nitrogen and oxygen atoms in total. The molecule has 0 amide bonds. The Morgan fingerprint density at radius 2 is 1.95 bits per heavy atom. The number of nitro benzene ring substituents is 1. The third kappa shape index (κ3) is 6.11. The summed E-state index contributed by atoms with van der Waals surface area (Å²) >= 11 is -0.826. The molecular formula is C13H18Cl2N2O3SiZr. The normalized spacial score (nSPS) is 14.4. The van der Waals surface area contributed by atoms with Crippen LogP contribution < -0.4 is 5.19 Å². The van der Waals surface area contributed by atoms with E-state index in [-0.39, 0.29) is 11.4 Å². The molecule has 1 fully saturated rings. The predicted molar refractivity (Wildman–Crippen MR) is 90.1 cm³/mol. The first-order valence-electron chi connectivity index (χ1n) is 6.72. The van der Waals surface area contributed by atoms with Crippen LogP contribution in [0.25, 0.3) is 0 Å². The molecular weight excluding hydrogens is 422 g/mol. The summed E-state index contributed by atoms with van der Waals surface area (Å²) < 4.78 is 0. The maximum atomic E-state index is 11.0. The second-order valence-electron chi connectivity index (χ2n) is 6.02. The molecule has 0 atom stereocenters. The van der Waals surface area contributed by atoms with Gasteiger partial charge in [-0.2, -0.15) is 0 Å². The van der Waals surface area contributed by atoms with Crippen LogP contribution in [0.3, 0.4) is 0 Å². The van der Waals surface area contributed by atoms with Gasteiger partial charge < -0.3 is 5.11 Å². The third-order valence-corrected chi connectivity index (χ3v) is 5.11. The molecule has 1 saturated carbocycles. The fourth-order valence-electron chi connectivity index (χ4n) is 1.83. The van der Waals surface area contributed by atoms with Gasteiger partial charge in [0.15, 0.2) is 0 Å². The number of halogens is 2. The van der Waals surface area contributed by atoms with Gasteiger partial charge in [-0.3, -0.25) is 15.1 Å². The molecule has 2 rings (SSSR count). The number of aliphatic imine (C=N–C) groups is 1. The first kappa shape index (κ1) is 19.8. The standard InChI is InChI=1S/C13H18N2O3Si.2ClH.Zr/c1-19(2,3)12-7-11(15(17)18)6-9(13(12)16)8-14-10-4-5-10;;;/h6-8,10,16H,4-5H2,1-3H3;2*1H;/q;;;+2/p-2. The van der Waals surface area contributed by atoms with Crippen LogP contribution in [0.5, 0.6) is 5.75 Å². The number of phenolic OH excluding ortho intramolecular Hbond substituents is 1. The Morgan fingerprint density at radius 3 is 2.36 bits per heavy atom. The number of hydrogen-bond acceptors (Lipinski definition) is 4. The van der Waals surface area contributed by atoms with Crippen molar-refractivity contribution in [2.45, 2.75) is 38.5 Å². The van der Waals surface area contributed by atoms with Crippen molar-refractivity contribution in [1.29, 1.82) is 0 Å². The van der Waals surface area contributed by atoms with Gasteiger partial charge >= 0.3 is 37.9 Å². The van der Waals surface area contributed by atoms with Crippen molar-refractivity contribution in [3.63, 3.8) is 0 Å². The van der Waals surface area contributed by atoms with E-state index in [4.69, 9.17) is 17.0 Å². The molecule has 1 N–H and O–H groups in total. The van der Waals surface area contributed by atoms with Crippen LogP contribution in [0.1, 0.15) is 18.4 Å². The van der Waals surface area contributed by atoms with Gasteiger partial charge in [0.05, 0.1) is 19.0 Å². The zero-order chi connectivity index (χ0) is 16.9. The summed E-state index contributed by atoms with van der Waals surface area (Å²) in [5, 5.41) is 22.0. The fraction of sp³-hybridized carbons (Fsp3) is 0.462. The van der Waals surface area contributed by atoms with Gasteiger partial charge in [-0.1, -0.05) is 19.6 Å². The number of nitro groups is 1. The number of nitrogens with zero attached hydrogens (tertiary/aromatic N) is 2. The Labute approximate surface area is 149 Å². The number of aromatic hydroxyl groups is 1. The van der Waals surface area contributed by atoms with Gasteiger partial charge in [-0.25, -0.2) is 0 Å². The summed E-state index contributed by atoms with van der Waals surface area (Å²) in [7, 11) is 8.02. The molecule has 0 unspecified atom stereocenters. The van der Waals surface area contributed by atoms with E-state index in [1.165, 1.54) is 12.1 Å². The minimum absolute atomic E-state index is 0.0208. The van der Waals surface area contributed by atoms with E-state index in [9.17, 15) is 15.2 Å². The van der Waals surface area contributed by atoms with Gasteiger partial charge in [0.2, 0.25) is 0 Å². The summed E-state index contributed by atoms with van der Waals surface area (Å²) in [5.74, 6) is 0.147. The Kier molecular flexibility index (Phi) is 7.72. The summed E-state index contributed by atoms with van der Waals surface area (Å²) in [4.78, 5) is 14.9. The zero-order valence-electron chi connectivity index (χ0n) is 12.6. The van der Waals surface area contributed by atoms with E-state index < -0.39 is 33.8 Å². The van der Waals surface area contributed by atoms with Crippen molar-refractivity contribution in [2.75, 3.05) is 0 Å².